The van der Waals surface area contributed by atoms with Crippen LogP contribution in [0.5, 0.6) is 0 Å². The number of ether oxygens (including phenoxy) is 5. The van der Waals surface area contributed by atoms with Gasteiger partial charge in [0.2, 0.25) is 0 Å². The Kier molecular flexibility index (Phi) is 36.5. The van der Waals surface area contributed by atoms with Crippen molar-refractivity contribution in [2.45, 2.75) is 232 Å². The van der Waals surface area contributed by atoms with Crippen molar-refractivity contribution in [1.82, 2.24) is 5.32 Å². The molecule has 8 heteroatoms. The summed E-state index contributed by atoms with van der Waals surface area (Å²) in [5, 5.41) is 2.90. The first-order chi connectivity index (χ1) is 25.2. The lowest BCUT2D eigenvalue weighted by Gasteiger charge is -2.29. The van der Waals surface area contributed by atoms with Crippen molar-refractivity contribution in [1.29, 1.82) is 0 Å². The second-order valence-electron chi connectivity index (χ2n) is 16.4. The number of amides is 1. The Morgan fingerprint density at radius 2 is 1.04 bits per heavy atom. The lowest BCUT2D eigenvalue weighted by Crippen LogP contribution is -2.35. The van der Waals surface area contributed by atoms with Crippen LogP contribution in [0.4, 0.5) is 4.79 Å². The second-order valence-corrected chi connectivity index (χ2v) is 16.4. The molecule has 7 nitrogen and oxygen atoms in total. The number of carbonyl (C=O) groups excluding carboxylic acids is 1. The van der Waals surface area contributed by atoms with E-state index in [1.165, 1.54) is 141 Å². The Bertz CT molecular complexity index is 752. The predicted molar refractivity (Wildman–Crippen MR) is 223 cm³/mol. The van der Waals surface area contributed by atoms with E-state index in [4.69, 9.17) is 23.7 Å². The van der Waals surface area contributed by atoms with Crippen LogP contribution >= 0.6 is 0 Å². The molecular formula is C44H89BNO6. The van der Waals surface area contributed by atoms with E-state index in [1.807, 2.05) is 7.28 Å². The SMILES string of the molecule is CCCCCCCCCCCCCCOC[B][C@H](COC(=O)NCCCC(C)(C)OCCC(C)(C)OC)OCCCCCCCCCCCCCC. The van der Waals surface area contributed by atoms with Crippen LogP contribution in [0.1, 0.15) is 215 Å². The minimum atomic E-state index is -0.398. The van der Waals surface area contributed by atoms with Crippen molar-refractivity contribution in [2.75, 3.05) is 46.6 Å². The number of unbranched alkanes of at least 4 members (excludes halogenated alkanes) is 22. The monoisotopic (exact) mass is 739 g/mol. The molecule has 0 spiro atoms. The fourth-order valence-electron chi connectivity index (χ4n) is 6.33. The Morgan fingerprint density at radius 3 is 1.52 bits per heavy atom. The molecule has 0 saturated carbocycles. The van der Waals surface area contributed by atoms with Crippen LogP contribution in [0.2, 0.25) is 0 Å². The van der Waals surface area contributed by atoms with Gasteiger partial charge in [-0.15, -0.1) is 0 Å². The Balaban J connectivity index is 4.26. The molecule has 52 heavy (non-hydrogen) atoms. The molecule has 1 radical (unpaired) electrons. The summed E-state index contributed by atoms with van der Waals surface area (Å²) in [6.07, 6.45) is 34.0. The van der Waals surface area contributed by atoms with Gasteiger partial charge in [0.1, 0.15) is 6.61 Å². The molecule has 0 fully saturated rings. The lowest BCUT2D eigenvalue weighted by atomic mass is 9.73. The van der Waals surface area contributed by atoms with E-state index in [0.29, 0.717) is 26.3 Å². The number of rotatable bonds is 41. The molecule has 0 rings (SSSR count). The fourth-order valence-corrected chi connectivity index (χ4v) is 6.33. The van der Waals surface area contributed by atoms with Crippen molar-refractivity contribution < 1.29 is 28.5 Å². The summed E-state index contributed by atoms with van der Waals surface area (Å²) in [7, 11) is 3.76. The van der Waals surface area contributed by atoms with Gasteiger partial charge in [-0.3, -0.25) is 0 Å². The molecule has 0 aromatic heterocycles. The molecule has 0 unspecified atom stereocenters. The van der Waals surface area contributed by atoms with Gasteiger partial charge in [-0.25, -0.2) is 4.79 Å². The maximum absolute atomic E-state index is 12.5. The Hall–Kier alpha value is -0.825. The first-order valence-corrected chi connectivity index (χ1v) is 22.3. The quantitative estimate of drug-likeness (QED) is 0.0497. The number of nitrogens with one attached hydrogen (secondary N) is 1. The number of alkyl carbamates (subject to hydrolysis) is 1. The standard InChI is InChI=1S/C44H89BNO6/c1-8-10-12-14-16-18-20-22-24-26-28-30-36-49-40-45-41(50-37-31-29-27-25-23-21-19-17-15-13-11-9-2)39-51-42(47)46-35-32-33-44(5,6)52-38-34-43(3,4)48-7/h41H,8-40H2,1-7H3,(H,46,47)/t41-/m0/s1. The first-order valence-electron chi connectivity index (χ1n) is 22.3. The summed E-state index contributed by atoms with van der Waals surface area (Å²) < 4.78 is 29.3. The van der Waals surface area contributed by atoms with Crippen LogP contribution in [0.15, 0.2) is 0 Å². The zero-order valence-electron chi connectivity index (χ0n) is 35.9. The second kappa shape index (κ2) is 37.1. The van der Waals surface area contributed by atoms with Gasteiger partial charge in [-0.2, -0.15) is 0 Å². The highest BCUT2D eigenvalue weighted by atomic mass is 16.6. The van der Waals surface area contributed by atoms with Gasteiger partial charge in [0.15, 0.2) is 7.28 Å². The maximum Gasteiger partial charge on any atom is 0.407 e. The molecule has 0 aromatic carbocycles. The summed E-state index contributed by atoms with van der Waals surface area (Å²) >= 11 is 0. The molecule has 1 N–H and O–H groups in total. The zero-order valence-corrected chi connectivity index (χ0v) is 35.9. The molecule has 0 saturated heterocycles. The third-order valence-electron chi connectivity index (χ3n) is 10.3. The normalized spacial score (nSPS) is 12.7. The highest BCUT2D eigenvalue weighted by molar-refractivity contribution is 6.37. The number of carbonyl (C=O) groups is 1. The van der Waals surface area contributed by atoms with Crippen molar-refractivity contribution >= 4 is 13.4 Å². The molecule has 0 aliphatic carbocycles. The third-order valence-corrected chi connectivity index (χ3v) is 10.3. The average molecular weight is 739 g/mol. The molecule has 309 valence electrons. The summed E-state index contributed by atoms with van der Waals surface area (Å²) in [5.41, 5.74) is -0.449. The van der Waals surface area contributed by atoms with E-state index in [0.717, 1.165) is 38.7 Å². The number of hydrogen-bond donors (Lipinski definition) is 1. The predicted octanol–water partition coefficient (Wildman–Crippen LogP) is 12.5. The number of methoxy groups -OCH3 is 1. The van der Waals surface area contributed by atoms with Gasteiger partial charge in [-0.1, -0.05) is 155 Å². The minimum Gasteiger partial charge on any atom is -0.448 e. The molecule has 1 atom stereocenters. The van der Waals surface area contributed by atoms with Crippen LogP contribution in [0.3, 0.4) is 0 Å². The Morgan fingerprint density at radius 1 is 0.577 bits per heavy atom. The van der Waals surface area contributed by atoms with E-state index in [-0.39, 0.29) is 23.8 Å². The van der Waals surface area contributed by atoms with Crippen LogP contribution in [-0.4, -0.2) is 77.2 Å². The average Bonchev–Trinajstić information content (AvgIpc) is 3.12. The summed E-state index contributed by atoms with van der Waals surface area (Å²) in [6.45, 7) is 16.2. The van der Waals surface area contributed by atoms with E-state index in [1.54, 1.807) is 7.11 Å². The molecule has 0 aromatic rings. The van der Waals surface area contributed by atoms with Crippen LogP contribution in [0, 0.1) is 0 Å². The van der Waals surface area contributed by atoms with E-state index >= 15 is 0 Å². The molecule has 0 heterocycles. The van der Waals surface area contributed by atoms with E-state index in [2.05, 4.69) is 46.9 Å². The van der Waals surface area contributed by atoms with Crippen molar-refractivity contribution in [3.05, 3.63) is 0 Å². The fraction of sp³-hybridized carbons (Fsp3) is 0.977. The van der Waals surface area contributed by atoms with Crippen LogP contribution in [-0.2, 0) is 23.7 Å². The van der Waals surface area contributed by atoms with Gasteiger partial charge >= 0.3 is 6.09 Å². The van der Waals surface area contributed by atoms with Crippen molar-refractivity contribution in [3.8, 4) is 0 Å². The van der Waals surface area contributed by atoms with Crippen LogP contribution < -0.4 is 5.32 Å². The molecular weight excluding hydrogens is 649 g/mol. The van der Waals surface area contributed by atoms with Crippen molar-refractivity contribution in [3.63, 3.8) is 0 Å². The van der Waals surface area contributed by atoms with Gasteiger partial charge in [0.05, 0.1) is 23.8 Å². The third kappa shape index (κ3) is 37.5. The minimum absolute atomic E-state index is 0.189. The van der Waals surface area contributed by atoms with Gasteiger partial charge in [-0.05, 0) is 59.8 Å². The molecule has 0 aliphatic heterocycles. The summed E-state index contributed by atoms with van der Waals surface area (Å²) in [5.74, 6) is 0. The molecule has 1 amide bonds. The first kappa shape index (κ1) is 51.2. The van der Waals surface area contributed by atoms with Crippen molar-refractivity contribution in [2.24, 2.45) is 0 Å². The lowest BCUT2D eigenvalue weighted by molar-refractivity contribution is -0.0616. The largest absolute Gasteiger partial charge is 0.448 e. The topological polar surface area (TPSA) is 75.3 Å². The number of hydrogen-bond acceptors (Lipinski definition) is 6. The highest BCUT2D eigenvalue weighted by Crippen LogP contribution is 2.20. The maximum atomic E-state index is 12.5. The van der Waals surface area contributed by atoms with Gasteiger partial charge < -0.3 is 29.0 Å². The Labute approximate surface area is 325 Å². The molecule has 0 bridgehead atoms. The van der Waals surface area contributed by atoms with Gasteiger partial charge in [0, 0.05) is 33.4 Å². The molecule has 0 aliphatic rings. The zero-order chi connectivity index (χ0) is 38.4. The summed E-state index contributed by atoms with van der Waals surface area (Å²) in [4.78, 5) is 12.5. The van der Waals surface area contributed by atoms with E-state index in [9.17, 15) is 4.79 Å². The highest BCUT2D eigenvalue weighted by Gasteiger charge is 2.22. The smallest absolute Gasteiger partial charge is 0.407 e. The van der Waals surface area contributed by atoms with Gasteiger partial charge in [0.25, 0.3) is 0 Å². The van der Waals surface area contributed by atoms with E-state index < -0.39 is 6.09 Å². The van der Waals surface area contributed by atoms with Crippen LogP contribution in [0.25, 0.3) is 0 Å². The summed E-state index contributed by atoms with van der Waals surface area (Å²) in [6, 6.07) is -0.260.